The summed E-state index contributed by atoms with van der Waals surface area (Å²) in [4.78, 5) is 33.0. The predicted octanol–water partition coefficient (Wildman–Crippen LogP) is -1.33. The van der Waals surface area contributed by atoms with Crippen LogP contribution in [0.1, 0.15) is 12.8 Å². The van der Waals surface area contributed by atoms with E-state index in [1.165, 1.54) is 14.2 Å². The molecule has 0 aliphatic heterocycles. The van der Waals surface area contributed by atoms with E-state index in [0.29, 0.717) is 6.61 Å². The molecule has 0 aliphatic carbocycles. The summed E-state index contributed by atoms with van der Waals surface area (Å²) < 4.78 is 9.90. The van der Waals surface area contributed by atoms with Gasteiger partial charge in [-0.15, -0.1) is 0 Å². The van der Waals surface area contributed by atoms with Crippen LogP contribution in [0, 0.1) is 0 Å². The SMILES string of the molecule is COCC(CNC(=O)N[C@@H](CCC(N)=O)C(=O)O)OC. The van der Waals surface area contributed by atoms with Crippen molar-refractivity contribution in [3.63, 3.8) is 0 Å². The first-order chi connectivity index (χ1) is 9.40. The smallest absolute Gasteiger partial charge is 0.326 e. The third-order valence-electron chi connectivity index (χ3n) is 2.46. The third-order valence-corrected chi connectivity index (χ3v) is 2.46. The number of nitrogens with one attached hydrogen (secondary N) is 2. The van der Waals surface area contributed by atoms with Crippen LogP contribution in [0.25, 0.3) is 0 Å². The molecule has 20 heavy (non-hydrogen) atoms. The van der Waals surface area contributed by atoms with Crippen LogP contribution in [0.2, 0.25) is 0 Å². The van der Waals surface area contributed by atoms with Crippen molar-refractivity contribution in [2.24, 2.45) is 5.73 Å². The van der Waals surface area contributed by atoms with Crippen LogP contribution in [0.5, 0.6) is 0 Å². The van der Waals surface area contributed by atoms with Gasteiger partial charge >= 0.3 is 12.0 Å². The summed E-state index contributed by atoms with van der Waals surface area (Å²) >= 11 is 0. The number of carbonyl (C=O) groups is 3. The van der Waals surface area contributed by atoms with Gasteiger partial charge in [0.25, 0.3) is 0 Å². The fourth-order valence-corrected chi connectivity index (χ4v) is 1.36. The predicted molar refractivity (Wildman–Crippen MR) is 69.1 cm³/mol. The summed E-state index contributed by atoms with van der Waals surface area (Å²) in [6.07, 6.45) is -0.523. The fourth-order valence-electron chi connectivity index (χ4n) is 1.36. The number of amides is 3. The molecule has 0 bridgehead atoms. The van der Waals surface area contributed by atoms with Gasteiger partial charge in [0.15, 0.2) is 0 Å². The number of hydrogen-bond donors (Lipinski definition) is 4. The highest BCUT2D eigenvalue weighted by Crippen LogP contribution is 1.97. The maximum atomic E-state index is 11.5. The molecule has 0 heterocycles. The van der Waals surface area contributed by atoms with Crippen LogP contribution in [0.4, 0.5) is 4.79 Å². The minimum absolute atomic E-state index is 0.0656. The topological polar surface area (TPSA) is 140 Å². The number of urea groups is 1. The van der Waals surface area contributed by atoms with Crippen molar-refractivity contribution < 1.29 is 29.0 Å². The molecular formula is C11H21N3O6. The van der Waals surface area contributed by atoms with Crippen LogP contribution in [-0.4, -0.2) is 62.5 Å². The molecule has 5 N–H and O–H groups in total. The Balaban J connectivity index is 4.18. The molecule has 116 valence electrons. The monoisotopic (exact) mass is 291 g/mol. The van der Waals surface area contributed by atoms with E-state index >= 15 is 0 Å². The molecule has 1 unspecified atom stereocenters. The maximum Gasteiger partial charge on any atom is 0.326 e. The van der Waals surface area contributed by atoms with Gasteiger partial charge in [-0.2, -0.15) is 0 Å². The van der Waals surface area contributed by atoms with E-state index in [9.17, 15) is 14.4 Å². The van der Waals surface area contributed by atoms with Crippen LogP contribution >= 0.6 is 0 Å². The number of primary amides is 1. The van der Waals surface area contributed by atoms with E-state index in [2.05, 4.69) is 10.6 Å². The van der Waals surface area contributed by atoms with Gasteiger partial charge < -0.3 is 30.9 Å². The number of rotatable bonds is 10. The number of aliphatic carboxylic acids is 1. The molecule has 0 saturated carbocycles. The Bertz CT molecular complexity index is 336. The van der Waals surface area contributed by atoms with Gasteiger partial charge in [0.05, 0.1) is 12.7 Å². The Morgan fingerprint density at radius 2 is 1.95 bits per heavy atom. The van der Waals surface area contributed by atoms with E-state index in [1.54, 1.807) is 0 Å². The second-order valence-corrected chi connectivity index (χ2v) is 4.06. The number of carboxylic acid groups (broad SMARTS) is 1. The highest BCUT2D eigenvalue weighted by Gasteiger charge is 2.20. The van der Waals surface area contributed by atoms with Gasteiger partial charge in [-0.1, -0.05) is 0 Å². The number of carboxylic acids is 1. The molecule has 0 aromatic heterocycles. The van der Waals surface area contributed by atoms with Crippen molar-refractivity contribution in [1.29, 1.82) is 0 Å². The Hall–Kier alpha value is -1.87. The normalized spacial score (nSPS) is 13.3. The summed E-state index contributed by atoms with van der Waals surface area (Å²) in [5, 5.41) is 13.6. The van der Waals surface area contributed by atoms with Gasteiger partial charge in [0, 0.05) is 27.2 Å². The van der Waals surface area contributed by atoms with Crippen molar-refractivity contribution in [1.82, 2.24) is 10.6 Å². The summed E-state index contributed by atoms with van der Waals surface area (Å²) in [7, 11) is 2.96. The lowest BCUT2D eigenvalue weighted by Crippen LogP contribution is -2.48. The highest BCUT2D eigenvalue weighted by molar-refractivity contribution is 5.83. The minimum Gasteiger partial charge on any atom is -0.480 e. The van der Waals surface area contributed by atoms with E-state index in [-0.39, 0.29) is 25.5 Å². The number of methoxy groups -OCH3 is 2. The number of ether oxygens (including phenoxy) is 2. The zero-order valence-corrected chi connectivity index (χ0v) is 11.5. The van der Waals surface area contributed by atoms with Gasteiger partial charge in [0.1, 0.15) is 6.04 Å². The van der Waals surface area contributed by atoms with Crippen LogP contribution in [0.15, 0.2) is 0 Å². The molecule has 0 aromatic rings. The lowest BCUT2D eigenvalue weighted by atomic mass is 10.1. The summed E-state index contributed by atoms with van der Waals surface area (Å²) in [5.74, 6) is -1.86. The first-order valence-electron chi connectivity index (χ1n) is 5.97. The first kappa shape index (κ1) is 18.1. The van der Waals surface area contributed by atoms with Crippen LogP contribution in [-0.2, 0) is 19.1 Å². The Labute approximate surface area is 116 Å². The lowest BCUT2D eigenvalue weighted by Gasteiger charge is -2.17. The fraction of sp³-hybridized carbons (Fsp3) is 0.727. The second-order valence-electron chi connectivity index (χ2n) is 4.06. The van der Waals surface area contributed by atoms with Gasteiger partial charge in [0.2, 0.25) is 5.91 Å². The van der Waals surface area contributed by atoms with Crippen LogP contribution in [0.3, 0.4) is 0 Å². The Morgan fingerprint density at radius 3 is 2.40 bits per heavy atom. The van der Waals surface area contributed by atoms with Crippen molar-refractivity contribution in [2.45, 2.75) is 25.0 Å². The molecular weight excluding hydrogens is 270 g/mol. The van der Waals surface area contributed by atoms with Crippen molar-refractivity contribution in [2.75, 3.05) is 27.4 Å². The molecule has 9 nitrogen and oxygen atoms in total. The lowest BCUT2D eigenvalue weighted by molar-refractivity contribution is -0.139. The van der Waals surface area contributed by atoms with E-state index < -0.39 is 23.9 Å². The molecule has 3 amide bonds. The van der Waals surface area contributed by atoms with Gasteiger partial charge in [-0.05, 0) is 6.42 Å². The Kier molecular flexibility index (Phi) is 9.05. The first-order valence-corrected chi connectivity index (χ1v) is 5.97. The standard InChI is InChI=1S/C11H21N3O6/c1-19-6-7(20-2)5-13-11(18)14-8(10(16)17)3-4-9(12)15/h7-8H,3-6H2,1-2H3,(H2,12,15)(H,16,17)(H2,13,14,18)/t7?,8-/m0/s1. The maximum absolute atomic E-state index is 11.5. The largest absolute Gasteiger partial charge is 0.480 e. The van der Waals surface area contributed by atoms with Crippen molar-refractivity contribution in [3.05, 3.63) is 0 Å². The number of hydrogen-bond acceptors (Lipinski definition) is 5. The summed E-state index contributed by atoms with van der Waals surface area (Å²) in [6.45, 7) is 0.457. The Morgan fingerprint density at radius 1 is 1.30 bits per heavy atom. The van der Waals surface area contributed by atoms with Crippen molar-refractivity contribution in [3.8, 4) is 0 Å². The second kappa shape index (κ2) is 9.98. The number of carbonyl (C=O) groups excluding carboxylic acids is 2. The highest BCUT2D eigenvalue weighted by atomic mass is 16.5. The molecule has 2 atom stereocenters. The summed E-state index contributed by atoms with van der Waals surface area (Å²) in [5.41, 5.74) is 4.93. The minimum atomic E-state index is -1.23. The van der Waals surface area contributed by atoms with E-state index in [1.807, 2.05) is 0 Å². The summed E-state index contributed by atoms with van der Waals surface area (Å²) in [6, 6.07) is -1.84. The zero-order valence-electron chi connectivity index (χ0n) is 11.5. The zero-order chi connectivity index (χ0) is 15.5. The average Bonchev–Trinajstić information content (AvgIpc) is 2.38. The quantitative estimate of drug-likeness (QED) is 0.393. The molecule has 0 spiro atoms. The number of nitrogens with two attached hydrogens (primary N) is 1. The molecule has 0 rings (SSSR count). The van der Waals surface area contributed by atoms with E-state index in [4.69, 9.17) is 20.3 Å². The molecule has 0 aromatic carbocycles. The van der Waals surface area contributed by atoms with Crippen LogP contribution < -0.4 is 16.4 Å². The van der Waals surface area contributed by atoms with Gasteiger partial charge in [-0.25, -0.2) is 9.59 Å². The molecule has 0 radical (unpaired) electrons. The van der Waals surface area contributed by atoms with E-state index in [0.717, 1.165) is 0 Å². The molecule has 0 aliphatic rings. The molecule has 9 heteroatoms. The third kappa shape index (κ3) is 8.27. The average molecular weight is 291 g/mol. The van der Waals surface area contributed by atoms with Crippen molar-refractivity contribution >= 4 is 17.9 Å². The van der Waals surface area contributed by atoms with Gasteiger partial charge in [-0.3, -0.25) is 4.79 Å². The molecule has 0 fully saturated rings. The molecule has 0 saturated heterocycles.